The zero-order valence-electron chi connectivity index (χ0n) is 10.4. The molecule has 4 nitrogen and oxygen atoms in total. The molecule has 1 fully saturated rings. The average Bonchev–Trinajstić information content (AvgIpc) is 2.38. The van der Waals surface area contributed by atoms with Crippen molar-refractivity contribution in [3.63, 3.8) is 0 Å². The maximum Gasteiger partial charge on any atom is 0.255 e. The van der Waals surface area contributed by atoms with E-state index in [0.29, 0.717) is 18.7 Å². The minimum atomic E-state index is -0.429. The molecule has 0 unspecified atom stereocenters. The van der Waals surface area contributed by atoms with Crippen LogP contribution in [0.5, 0.6) is 0 Å². The van der Waals surface area contributed by atoms with Gasteiger partial charge >= 0.3 is 0 Å². The Morgan fingerprint density at radius 1 is 1.44 bits per heavy atom. The van der Waals surface area contributed by atoms with Gasteiger partial charge in [0.25, 0.3) is 5.91 Å². The van der Waals surface area contributed by atoms with E-state index in [0.717, 1.165) is 12.8 Å². The molecule has 0 spiro atoms. The average molecular weight is 252 g/mol. The second kappa shape index (κ2) is 5.35. The van der Waals surface area contributed by atoms with E-state index in [2.05, 4.69) is 0 Å². The van der Waals surface area contributed by atoms with Crippen molar-refractivity contribution in [3.8, 4) is 0 Å². The summed E-state index contributed by atoms with van der Waals surface area (Å²) in [6, 6.07) is 3.87. The van der Waals surface area contributed by atoms with Crippen LogP contribution in [-0.2, 0) is 4.74 Å². The van der Waals surface area contributed by atoms with E-state index in [9.17, 15) is 9.18 Å². The van der Waals surface area contributed by atoms with Gasteiger partial charge in [-0.15, -0.1) is 0 Å². The molecular formula is C13H17FN2O2. The molecule has 0 radical (unpaired) electrons. The first-order valence-corrected chi connectivity index (χ1v) is 5.99. The number of hydrogen-bond acceptors (Lipinski definition) is 3. The summed E-state index contributed by atoms with van der Waals surface area (Å²) < 4.78 is 18.2. The topological polar surface area (TPSA) is 55.6 Å². The second-order valence-corrected chi connectivity index (χ2v) is 4.46. The van der Waals surface area contributed by atoms with Crippen molar-refractivity contribution in [2.24, 2.45) is 0 Å². The minimum Gasteiger partial charge on any atom is -0.398 e. The fourth-order valence-corrected chi connectivity index (χ4v) is 2.19. The molecule has 18 heavy (non-hydrogen) atoms. The van der Waals surface area contributed by atoms with Crippen LogP contribution in [0.25, 0.3) is 0 Å². The van der Waals surface area contributed by atoms with E-state index < -0.39 is 5.82 Å². The molecule has 0 bridgehead atoms. The van der Waals surface area contributed by atoms with Gasteiger partial charge in [0.2, 0.25) is 0 Å². The number of methoxy groups -OCH3 is 1. The van der Waals surface area contributed by atoms with E-state index in [1.54, 1.807) is 12.0 Å². The lowest BCUT2D eigenvalue weighted by Crippen LogP contribution is -2.40. The Balaban J connectivity index is 2.08. The van der Waals surface area contributed by atoms with Crippen molar-refractivity contribution >= 4 is 11.6 Å². The minimum absolute atomic E-state index is 0.137. The van der Waals surface area contributed by atoms with Gasteiger partial charge in [0, 0.05) is 25.9 Å². The zero-order chi connectivity index (χ0) is 13.1. The maximum absolute atomic E-state index is 12.9. The maximum atomic E-state index is 12.9. The number of ether oxygens (including phenoxy) is 1. The van der Waals surface area contributed by atoms with E-state index in [1.807, 2.05) is 0 Å². The smallest absolute Gasteiger partial charge is 0.255 e. The lowest BCUT2D eigenvalue weighted by molar-refractivity contribution is 0.0351. The van der Waals surface area contributed by atoms with E-state index in [1.165, 1.54) is 18.2 Å². The van der Waals surface area contributed by atoms with E-state index in [-0.39, 0.29) is 17.7 Å². The molecule has 98 valence electrons. The standard InChI is InChI=1S/C13H17FN2O2/c1-18-10-4-6-16(7-5-10)13(17)11-3-2-9(14)8-12(11)15/h2-3,8,10H,4-7,15H2,1H3. The quantitative estimate of drug-likeness (QED) is 0.814. The molecule has 2 rings (SSSR count). The number of nitrogens with zero attached hydrogens (tertiary/aromatic N) is 1. The number of carbonyl (C=O) groups excluding carboxylic acids is 1. The van der Waals surface area contributed by atoms with Crippen LogP contribution in [0.1, 0.15) is 23.2 Å². The van der Waals surface area contributed by atoms with Crippen molar-refractivity contribution in [2.75, 3.05) is 25.9 Å². The molecule has 1 heterocycles. The number of benzene rings is 1. The number of hydrogen-bond donors (Lipinski definition) is 1. The van der Waals surface area contributed by atoms with E-state index in [4.69, 9.17) is 10.5 Å². The normalized spacial score (nSPS) is 16.9. The van der Waals surface area contributed by atoms with Crippen LogP contribution in [0, 0.1) is 5.82 Å². The van der Waals surface area contributed by atoms with Crippen molar-refractivity contribution in [3.05, 3.63) is 29.6 Å². The fourth-order valence-electron chi connectivity index (χ4n) is 2.19. The Kier molecular flexibility index (Phi) is 3.81. The predicted molar refractivity (Wildman–Crippen MR) is 66.7 cm³/mol. The van der Waals surface area contributed by atoms with Crippen molar-refractivity contribution in [2.45, 2.75) is 18.9 Å². The first-order chi connectivity index (χ1) is 8.61. The summed E-state index contributed by atoms with van der Waals surface area (Å²) in [4.78, 5) is 13.9. The highest BCUT2D eigenvalue weighted by Gasteiger charge is 2.24. The highest BCUT2D eigenvalue weighted by Crippen LogP contribution is 2.19. The van der Waals surface area contributed by atoms with Crippen LogP contribution in [0.15, 0.2) is 18.2 Å². The summed E-state index contributed by atoms with van der Waals surface area (Å²) in [5.41, 5.74) is 6.23. The van der Waals surface area contributed by atoms with E-state index >= 15 is 0 Å². The van der Waals surface area contributed by atoms with Crippen LogP contribution in [0.3, 0.4) is 0 Å². The Morgan fingerprint density at radius 2 is 2.11 bits per heavy atom. The first kappa shape index (κ1) is 12.8. The van der Waals surface area contributed by atoms with Gasteiger partial charge < -0.3 is 15.4 Å². The van der Waals surface area contributed by atoms with Crippen LogP contribution in [-0.4, -0.2) is 37.1 Å². The molecular weight excluding hydrogens is 235 g/mol. The number of nitrogens with two attached hydrogens (primary N) is 1. The largest absolute Gasteiger partial charge is 0.398 e. The summed E-state index contributed by atoms with van der Waals surface area (Å²) in [6.07, 6.45) is 1.87. The zero-order valence-corrected chi connectivity index (χ0v) is 10.4. The Labute approximate surface area is 106 Å². The third-order valence-electron chi connectivity index (χ3n) is 3.31. The number of piperidine rings is 1. The molecule has 1 saturated heterocycles. The summed E-state index contributed by atoms with van der Waals surface area (Å²) >= 11 is 0. The number of rotatable bonds is 2. The molecule has 0 atom stereocenters. The third-order valence-corrected chi connectivity index (χ3v) is 3.31. The molecule has 2 N–H and O–H groups in total. The Bertz CT molecular complexity index is 443. The molecule has 0 aliphatic carbocycles. The molecule has 0 aromatic heterocycles. The highest BCUT2D eigenvalue weighted by molar-refractivity contribution is 5.99. The van der Waals surface area contributed by atoms with Gasteiger partial charge in [0.1, 0.15) is 5.82 Å². The van der Waals surface area contributed by atoms with Crippen LogP contribution >= 0.6 is 0 Å². The predicted octanol–water partition coefficient (Wildman–Crippen LogP) is 1.66. The lowest BCUT2D eigenvalue weighted by atomic mass is 10.1. The second-order valence-electron chi connectivity index (χ2n) is 4.46. The number of anilines is 1. The number of halogens is 1. The summed E-state index contributed by atoms with van der Waals surface area (Å²) in [5, 5.41) is 0. The number of amides is 1. The van der Waals surface area contributed by atoms with Crippen molar-refractivity contribution < 1.29 is 13.9 Å². The third kappa shape index (κ3) is 2.61. The molecule has 1 aliphatic rings. The van der Waals surface area contributed by atoms with Gasteiger partial charge in [-0.05, 0) is 31.0 Å². The molecule has 1 aliphatic heterocycles. The van der Waals surface area contributed by atoms with Gasteiger partial charge in [-0.1, -0.05) is 0 Å². The Morgan fingerprint density at radius 3 is 2.67 bits per heavy atom. The molecule has 0 saturated carbocycles. The summed E-state index contributed by atoms with van der Waals surface area (Å²) in [6.45, 7) is 1.29. The van der Waals surface area contributed by atoms with Crippen LogP contribution in [0.2, 0.25) is 0 Å². The number of carbonyl (C=O) groups is 1. The number of nitrogen functional groups attached to an aromatic ring is 1. The van der Waals surface area contributed by atoms with Gasteiger partial charge in [-0.3, -0.25) is 4.79 Å². The fraction of sp³-hybridized carbons (Fsp3) is 0.462. The van der Waals surface area contributed by atoms with Crippen LogP contribution < -0.4 is 5.73 Å². The highest BCUT2D eigenvalue weighted by atomic mass is 19.1. The summed E-state index contributed by atoms with van der Waals surface area (Å²) in [5.74, 6) is -0.566. The molecule has 1 aromatic carbocycles. The molecule has 1 aromatic rings. The van der Waals surface area contributed by atoms with Gasteiger partial charge in [-0.25, -0.2) is 4.39 Å². The first-order valence-electron chi connectivity index (χ1n) is 5.99. The SMILES string of the molecule is COC1CCN(C(=O)c2ccc(F)cc2N)CC1. The van der Waals surface area contributed by atoms with Crippen molar-refractivity contribution in [1.82, 2.24) is 4.90 Å². The van der Waals surface area contributed by atoms with Gasteiger partial charge in [0.15, 0.2) is 0 Å². The monoisotopic (exact) mass is 252 g/mol. The molecule has 1 amide bonds. The van der Waals surface area contributed by atoms with Gasteiger partial charge in [-0.2, -0.15) is 0 Å². The van der Waals surface area contributed by atoms with Crippen LogP contribution in [0.4, 0.5) is 10.1 Å². The summed E-state index contributed by atoms with van der Waals surface area (Å²) in [7, 11) is 1.68. The van der Waals surface area contributed by atoms with Gasteiger partial charge in [0.05, 0.1) is 11.7 Å². The number of likely N-dealkylation sites (tertiary alicyclic amines) is 1. The Hall–Kier alpha value is -1.62. The van der Waals surface area contributed by atoms with Crippen molar-refractivity contribution in [1.29, 1.82) is 0 Å². The lowest BCUT2D eigenvalue weighted by Gasteiger charge is -2.31. The molecule has 5 heteroatoms.